The Bertz CT molecular complexity index is 3490. The van der Waals surface area contributed by atoms with Crippen LogP contribution in [0.2, 0.25) is 0 Å². The van der Waals surface area contributed by atoms with Crippen molar-refractivity contribution in [3.05, 3.63) is 120 Å². The van der Waals surface area contributed by atoms with E-state index in [1.54, 1.807) is 60.7 Å². The molecule has 3 aromatic carbocycles. The minimum Gasteiger partial charge on any atom is -0.508 e. The minimum atomic E-state index is -2.04. The van der Waals surface area contributed by atoms with E-state index in [-0.39, 0.29) is 81.9 Å². The first kappa shape index (κ1) is 77.1. The van der Waals surface area contributed by atoms with Gasteiger partial charge in [0.2, 0.25) is 65.0 Å². The van der Waals surface area contributed by atoms with E-state index < -0.39 is 175 Å². The number of H-pyrrole nitrogens is 1. The molecule has 98 heavy (non-hydrogen) atoms. The Balaban J connectivity index is 1.40. The van der Waals surface area contributed by atoms with Crippen LogP contribution < -0.4 is 70.8 Å². The van der Waals surface area contributed by atoms with E-state index >= 15 is 0 Å². The molecule has 5 rings (SSSR count). The molecule has 1 saturated heterocycles. The summed E-state index contributed by atoms with van der Waals surface area (Å²) >= 11 is 0. The number of aromatic amines is 1. The van der Waals surface area contributed by atoms with E-state index in [1.807, 2.05) is 0 Å². The highest BCUT2D eigenvalue weighted by molar-refractivity contribution is 6.00. The number of carbonyl (C=O) groups excluding carboxylic acids is 11. The molecule has 0 radical (unpaired) electrons. The number of aromatic nitrogens is 2. The smallest absolute Gasteiger partial charge is 0.326 e. The number of phenols is 1. The van der Waals surface area contributed by atoms with Gasteiger partial charge in [0, 0.05) is 50.7 Å². The summed E-state index contributed by atoms with van der Waals surface area (Å²) in [6, 6.07) is 5.11. The van der Waals surface area contributed by atoms with Crippen LogP contribution in [0.15, 0.2) is 102 Å². The fraction of sp³-hybridized carbons (Fsp3) is 0.419. The number of phenolic OH excluding ortho intramolecular Hbond substituents is 1. The van der Waals surface area contributed by atoms with Gasteiger partial charge in [-0.25, -0.2) is 9.78 Å². The number of nitrogens with one attached hydrogen (secondary N) is 10. The van der Waals surface area contributed by atoms with Crippen molar-refractivity contribution >= 4 is 88.8 Å². The van der Waals surface area contributed by atoms with Gasteiger partial charge in [0.05, 0.1) is 44.3 Å². The van der Waals surface area contributed by atoms with E-state index in [0.29, 0.717) is 16.7 Å². The number of aliphatic hydroxyl groups is 1. The number of hydrogen-bond donors (Lipinski definition) is 19. The molecule has 0 aliphatic carbocycles. The number of guanidine groups is 1. The van der Waals surface area contributed by atoms with Crippen LogP contribution in [0.1, 0.15) is 74.3 Å². The molecule has 0 unspecified atom stereocenters. The SMILES string of the molecule is C[C@@H](O)[C@H](NC(=O)[C@H](Cc1ccccc1)NC(=O)[C@H](Cc1ccc(O)cc1)NC(=O)[C@H](Cc1ccccc1)NC(=O)[C@@H]1CCCN1C(=O)[C@H](CC(N)=O)NC(=O)CNC(=O)[C@@H](N)CC(=O)O)C(=O)N[C@@H](CC(=O)O)C(=O)N[C@@H](Cc1cnc[nH]1)C(=O)N[C@@H](CCCN=C(N)N)C(=O)O. The average Bonchev–Trinajstić information content (AvgIpc) is 1.63. The van der Waals surface area contributed by atoms with Gasteiger partial charge in [0.1, 0.15) is 60.1 Å². The maximum absolute atomic E-state index is 14.9. The van der Waals surface area contributed by atoms with Gasteiger partial charge in [-0.05, 0) is 61.4 Å². The van der Waals surface area contributed by atoms with E-state index in [9.17, 15) is 87.5 Å². The van der Waals surface area contributed by atoms with E-state index in [4.69, 9.17) is 28.0 Å². The van der Waals surface area contributed by atoms with Gasteiger partial charge >= 0.3 is 17.9 Å². The van der Waals surface area contributed by atoms with Crippen LogP contribution in [-0.2, 0) is 92.8 Å². The van der Waals surface area contributed by atoms with E-state index in [0.717, 1.165) is 11.8 Å². The number of aliphatic imine (C=N–C) groups is 1. The van der Waals surface area contributed by atoms with Crippen molar-refractivity contribution in [3.63, 3.8) is 0 Å². The number of likely N-dealkylation sites (tertiary alicyclic amines) is 1. The maximum Gasteiger partial charge on any atom is 0.326 e. The van der Waals surface area contributed by atoms with E-state index in [1.165, 1.54) is 36.8 Å². The summed E-state index contributed by atoms with van der Waals surface area (Å²) < 4.78 is 0. The second-order valence-electron chi connectivity index (χ2n) is 22.9. The molecular weight excluding hydrogens is 1290 g/mol. The van der Waals surface area contributed by atoms with Crippen molar-refractivity contribution in [1.29, 1.82) is 0 Å². The van der Waals surface area contributed by atoms with Gasteiger partial charge in [0.25, 0.3) is 0 Å². The molecule has 0 spiro atoms. The first-order valence-corrected chi connectivity index (χ1v) is 30.7. The molecule has 0 bridgehead atoms. The number of imidazole rings is 1. The quantitative estimate of drug-likeness (QED) is 0.0112. The fourth-order valence-electron chi connectivity index (χ4n) is 10.2. The molecule has 1 fully saturated rings. The van der Waals surface area contributed by atoms with Crippen molar-refractivity contribution in [2.45, 2.75) is 144 Å². The minimum absolute atomic E-state index is 0.00777. The second-order valence-corrected chi connectivity index (χ2v) is 22.9. The van der Waals surface area contributed by atoms with Crippen LogP contribution in [-0.4, -0.2) is 215 Å². The lowest BCUT2D eigenvalue weighted by atomic mass is 10.00. The van der Waals surface area contributed by atoms with Crippen LogP contribution in [0.4, 0.5) is 0 Å². The number of aliphatic hydroxyl groups excluding tert-OH is 1. The Morgan fingerprint density at radius 1 is 0.592 bits per heavy atom. The average molecular weight is 1370 g/mol. The largest absolute Gasteiger partial charge is 0.508 e. The number of nitrogens with zero attached hydrogens (tertiary/aromatic N) is 3. The number of aromatic hydroxyl groups is 1. The third kappa shape index (κ3) is 25.6. The maximum atomic E-state index is 14.9. The normalized spacial score (nSPS) is 15.5. The Labute approximate surface area is 559 Å². The summed E-state index contributed by atoms with van der Waals surface area (Å²) in [6.07, 6.45) is -3.09. The second kappa shape index (κ2) is 38.1. The number of carboxylic acid groups (broad SMARTS) is 3. The summed E-state index contributed by atoms with van der Waals surface area (Å²) in [5.74, 6) is -16.7. The van der Waals surface area contributed by atoms with Crippen molar-refractivity contribution in [2.75, 3.05) is 19.6 Å². The molecule has 36 nitrogen and oxygen atoms in total. The molecule has 4 aromatic rings. The predicted molar refractivity (Wildman–Crippen MR) is 343 cm³/mol. The number of rotatable bonds is 39. The number of amides is 11. The third-order valence-electron chi connectivity index (χ3n) is 15.1. The highest BCUT2D eigenvalue weighted by Gasteiger charge is 2.41. The molecule has 1 aliphatic heterocycles. The van der Waals surface area contributed by atoms with Crippen LogP contribution in [0.5, 0.6) is 5.75 Å². The van der Waals surface area contributed by atoms with Gasteiger partial charge in [-0.2, -0.15) is 0 Å². The molecule has 23 N–H and O–H groups in total. The monoisotopic (exact) mass is 1370 g/mol. The predicted octanol–water partition coefficient (Wildman–Crippen LogP) is -5.96. The van der Waals surface area contributed by atoms with Crippen molar-refractivity contribution in [3.8, 4) is 5.75 Å². The van der Waals surface area contributed by atoms with Crippen LogP contribution in [0.25, 0.3) is 0 Å². The summed E-state index contributed by atoms with van der Waals surface area (Å²) in [4.78, 5) is 200. The zero-order valence-electron chi connectivity index (χ0n) is 53.1. The summed E-state index contributed by atoms with van der Waals surface area (Å²) in [5.41, 5.74) is 23.2. The molecule has 528 valence electrons. The van der Waals surface area contributed by atoms with Crippen molar-refractivity contribution in [1.82, 2.24) is 62.7 Å². The summed E-state index contributed by atoms with van der Waals surface area (Å²) in [7, 11) is 0. The number of benzene rings is 3. The Hall–Kier alpha value is -11.6. The van der Waals surface area contributed by atoms with Gasteiger partial charge in [0.15, 0.2) is 5.96 Å². The highest BCUT2D eigenvalue weighted by Crippen LogP contribution is 2.21. The lowest BCUT2D eigenvalue weighted by molar-refractivity contribution is -0.143. The molecule has 11 amide bonds. The summed E-state index contributed by atoms with van der Waals surface area (Å²) in [6.45, 7) is 0.184. The van der Waals surface area contributed by atoms with Crippen molar-refractivity contribution < 1.29 is 92.7 Å². The standard InChI is InChI=1S/C62H81N17O19/c1-32(80)51(59(95)77-44(28-50(86)87)56(92)75-43(25-36-29-67-31-70-36)55(91)72-39(61(97)98)14-8-20-68-62(65)66)78-57(93)42(23-34-12-6-3-7-13-34)74-53(89)40(24-35-16-18-37(81)19-17-35)73-54(90)41(22-33-10-4-2-5-11-33)76-58(94)46-15-9-21-79(46)60(96)45(27-47(64)82)71-48(83)30-69-52(88)38(63)26-49(84)85/h2-7,10-13,16-19,29,31-32,38-46,51,80-81H,8-9,14-15,20-28,30,63H2,1H3,(H2,64,82)(H,67,70)(H,69,88)(H,71,83)(H,72,91)(H,73,90)(H,74,89)(H,75,92)(H,76,94)(H,77,95)(H,78,93)(H,84,85)(H,86,87)(H,97,98)(H4,65,66,68)/t32-,38+,39+,40+,41+,42+,43+,44+,45+,46+,51+/m1/s1. The molecular formula is C62H81N17O19. The Kier molecular flexibility index (Phi) is 30.0. The lowest BCUT2D eigenvalue weighted by Crippen LogP contribution is -2.62. The fourth-order valence-corrected chi connectivity index (χ4v) is 10.2. The van der Waals surface area contributed by atoms with E-state index in [2.05, 4.69) is 62.8 Å². The first-order valence-electron chi connectivity index (χ1n) is 30.7. The molecule has 1 aromatic heterocycles. The van der Waals surface area contributed by atoms with Gasteiger partial charge in [-0.1, -0.05) is 72.8 Å². The van der Waals surface area contributed by atoms with Crippen LogP contribution >= 0.6 is 0 Å². The Morgan fingerprint density at radius 2 is 1.09 bits per heavy atom. The van der Waals surface area contributed by atoms with Gasteiger partial charge < -0.3 is 106 Å². The molecule has 1 aliphatic rings. The van der Waals surface area contributed by atoms with Crippen LogP contribution in [0, 0.1) is 0 Å². The molecule has 0 saturated carbocycles. The number of aliphatic carboxylic acids is 3. The van der Waals surface area contributed by atoms with Gasteiger partial charge in [-0.3, -0.25) is 67.3 Å². The number of nitrogens with two attached hydrogens (primary N) is 4. The third-order valence-corrected chi connectivity index (χ3v) is 15.1. The zero-order chi connectivity index (χ0) is 72.2. The molecule has 2 heterocycles. The highest BCUT2D eigenvalue weighted by atomic mass is 16.4. The molecule has 36 heteroatoms. The summed E-state index contributed by atoms with van der Waals surface area (Å²) in [5, 5.41) is 71.6. The van der Waals surface area contributed by atoms with Crippen LogP contribution in [0.3, 0.4) is 0 Å². The topological polar surface area (TPSA) is 597 Å². The number of hydrogen-bond acceptors (Lipinski definition) is 19. The first-order chi connectivity index (χ1) is 46.5. The van der Waals surface area contributed by atoms with Gasteiger partial charge in [-0.15, -0.1) is 0 Å². The van der Waals surface area contributed by atoms with Crippen molar-refractivity contribution in [2.24, 2.45) is 27.9 Å². The number of carbonyl (C=O) groups is 14. The number of primary amides is 1. The lowest BCUT2D eigenvalue weighted by Gasteiger charge is -2.30. The Morgan fingerprint density at radius 3 is 1.59 bits per heavy atom. The zero-order valence-corrected chi connectivity index (χ0v) is 53.1. The number of carboxylic acids is 3. The molecule has 11 atom stereocenters.